The van der Waals surface area contributed by atoms with Crippen LogP contribution in [0.25, 0.3) is 0 Å². The summed E-state index contributed by atoms with van der Waals surface area (Å²) in [6, 6.07) is 14.1. The number of sulfonamides is 1. The van der Waals surface area contributed by atoms with Gasteiger partial charge in [-0.3, -0.25) is 9.59 Å². The van der Waals surface area contributed by atoms with Crippen LogP contribution in [0.3, 0.4) is 0 Å². The molecule has 2 amide bonds. The molecular weight excluding hydrogens is 404 g/mol. The minimum absolute atomic E-state index is 0.00832. The zero-order valence-electron chi connectivity index (χ0n) is 16.1. The lowest BCUT2D eigenvalue weighted by molar-refractivity contribution is -0.125. The largest absolute Gasteiger partial charge is 0.355 e. The van der Waals surface area contributed by atoms with Crippen LogP contribution in [0.15, 0.2) is 57.8 Å². The Morgan fingerprint density at radius 3 is 2.53 bits per heavy atom. The minimum atomic E-state index is -3.66. The van der Waals surface area contributed by atoms with Crippen molar-refractivity contribution < 1.29 is 18.0 Å². The maximum atomic E-state index is 13.2. The Morgan fingerprint density at radius 2 is 1.73 bits per heavy atom. The summed E-state index contributed by atoms with van der Waals surface area (Å²) in [5.41, 5.74) is 1.97. The zero-order chi connectivity index (χ0) is 20.9. The molecule has 3 aliphatic heterocycles. The Hall–Kier alpha value is -3.20. The number of anilines is 2. The van der Waals surface area contributed by atoms with Gasteiger partial charge in [0.25, 0.3) is 10.0 Å². The molecule has 0 aliphatic carbocycles. The third-order valence-corrected chi connectivity index (χ3v) is 7.12. The molecule has 30 heavy (non-hydrogen) atoms. The van der Waals surface area contributed by atoms with Crippen molar-refractivity contribution in [1.82, 2.24) is 4.90 Å². The molecule has 0 bridgehead atoms. The van der Waals surface area contributed by atoms with Crippen LogP contribution in [0.1, 0.15) is 18.4 Å². The summed E-state index contributed by atoms with van der Waals surface area (Å²) in [6.45, 7) is 1.07. The molecule has 1 fully saturated rings. The van der Waals surface area contributed by atoms with E-state index in [0.717, 1.165) is 0 Å². The van der Waals surface area contributed by atoms with Crippen molar-refractivity contribution in [3.8, 4) is 0 Å². The average molecular weight is 424 g/mol. The van der Waals surface area contributed by atoms with Crippen LogP contribution in [0.2, 0.25) is 0 Å². The van der Waals surface area contributed by atoms with Gasteiger partial charge in [-0.1, -0.05) is 24.3 Å². The predicted molar refractivity (Wildman–Crippen MR) is 112 cm³/mol. The van der Waals surface area contributed by atoms with Crippen LogP contribution in [0.4, 0.5) is 11.4 Å². The van der Waals surface area contributed by atoms with Gasteiger partial charge in [-0.25, -0.2) is 0 Å². The van der Waals surface area contributed by atoms with Crippen LogP contribution in [0, 0.1) is 5.92 Å². The van der Waals surface area contributed by atoms with Crippen molar-refractivity contribution in [2.75, 3.05) is 29.9 Å². The first-order valence-electron chi connectivity index (χ1n) is 9.83. The third kappa shape index (κ3) is 3.06. The first-order chi connectivity index (χ1) is 14.4. The lowest BCUT2D eigenvalue weighted by Gasteiger charge is -2.36. The summed E-state index contributed by atoms with van der Waals surface area (Å²) >= 11 is 0. The number of fused-ring (bicyclic) bond motifs is 2. The maximum absolute atomic E-state index is 13.2. The molecular formula is C21H20N4O4S. The van der Waals surface area contributed by atoms with Crippen LogP contribution >= 0.6 is 0 Å². The van der Waals surface area contributed by atoms with Gasteiger partial charge in [-0.15, -0.1) is 4.40 Å². The molecule has 0 radical (unpaired) electrons. The second kappa shape index (κ2) is 6.94. The second-order valence-corrected chi connectivity index (χ2v) is 9.21. The SMILES string of the molecule is O=C1CN(C(=O)C2CCN(C3=NS(=O)(=O)c4ccccc43)CC2)c2ccccc2N1. The van der Waals surface area contributed by atoms with E-state index in [4.69, 9.17) is 0 Å². The van der Waals surface area contributed by atoms with E-state index >= 15 is 0 Å². The molecule has 0 atom stereocenters. The van der Waals surface area contributed by atoms with E-state index in [-0.39, 0.29) is 29.2 Å². The Bertz CT molecular complexity index is 1180. The van der Waals surface area contributed by atoms with Gasteiger partial charge in [0, 0.05) is 24.6 Å². The van der Waals surface area contributed by atoms with Crippen molar-refractivity contribution >= 4 is 39.0 Å². The Labute approximate surface area is 174 Å². The number of para-hydroxylation sites is 2. The zero-order valence-corrected chi connectivity index (χ0v) is 16.9. The number of carbonyl (C=O) groups excluding carboxylic acids is 2. The third-order valence-electron chi connectivity index (χ3n) is 5.79. The van der Waals surface area contributed by atoms with Crippen molar-refractivity contribution in [3.05, 3.63) is 54.1 Å². The number of carbonyl (C=O) groups is 2. The van der Waals surface area contributed by atoms with Crippen LogP contribution in [-0.2, 0) is 19.6 Å². The average Bonchev–Trinajstić information content (AvgIpc) is 3.04. The molecule has 0 saturated carbocycles. The number of amidine groups is 1. The van der Waals surface area contributed by atoms with E-state index in [9.17, 15) is 18.0 Å². The molecule has 8 nitrogen and oxygen atoms in total. The van der Waals surface area contributed by atoms with Gasteiger partial charge in [-0.2, -0.15) is 8.42 Å². The summed E-state index contributed by atoms with van der Waals surface area (Å²) in [5, 5.41) is 2.80. The molecule has 1 saturated heterocycles. The van der Waals surface area contributed by atoms with Crippen LogP contribution in [-0.4, -0.2) is 50.6 Å². The fourth-order valence-electron chi connectivity index (χ4n) is 4.31. The van der Waals surface area contributed by atoms with Crippen molar-refractivity contribution in [2.24, 2.45) is 10.3 Å². The fourth-order valence-corrected chi connectivity index (χ4v) is 5.53. The van der Waals surface area contributed by atoms with Gasteiger partial charge in [-0.05, 0) is 37.1 Å². The van der Waals surface area contributed by atoms with Gasteiger partial charge in [0.1, 0.15) is 11.4 Å². The Morgan fingerprint density at radius 1 is 1.03 bits per heavy atom. The highest BCUT2D eigenvalue weighted by atomic mass is 32.2. The fraction of sp³-hybridized carbons (Fsp3) is 0.286. The normalized spacial score (nSPS) is 20.3. The molecule has 2 aromatic rings. The summed E-state index contributed by atoms with van der Waals surface area (Å²) < 4.78 is 28.6. The molecule has 3 heterocycles. The smallest absolute Gasteiger partial charge is 0.285 e. The van der Waals surface area contributed by atoms with E-state index in [1.807, 2.05) is 23.1 Å². The monoisotopic (exact) mass is 424 g/mol. The molecule has 9 heteroatoms. The molecule has 0 unspecified atom stereocenters. The number of amides is 2. The molecule has 0 aromatic heterocycles. The van der Waals surface area contributed by atoms with Crippen LogP contribution in [0.5, 0.6) is 0 Å². The molecule has 0 spiro atoms. The first kappa shape index (κ1) is 18.8. The topological polar surface area (TPSA) is 99.2 Å². The lowest BCUT2D eigenvalue weighted by Crippen LogP contribution is -2.48. The molecule has 1 N–H and O–H groups in total. The number of nitrogens with one attached hydrogen (secondary N) is 1. The first-order valence-corrected chi connectivity index (χ1v) is 11.3. The number of nitrogens with zero attached hydrogens (tertiary/aromatic N) is 3. The molecule has 3 aliphatic rings. The van der Waals surface area contributed by atoms with Crippen LogP contribution < -0.4 is 10.2 Å². The summed E-state index contributed by atoms with van der Waals surface area (Å²) in [7, 11) is -3.66. The second-order valence-electron chi connectivity index (χ2n) is 7.64. The Kier molecular flexibility index (Phi) is 4.35. The number of likely N-dealkylation sites (tertiary alicyclic amines) is 1. The lowest BCUT2D eigenvalue weighted by atomic mass is 9.94. The Balaban J connectivity index is 1.33. The number of hydrogen-bond acceptors (Lipinski definition) is 5. The highest BCUT2D eigenvalue weighted by Crippen LogP contribution is 2.33. The van der Waals surface area contributed by atoms with E-state index in [1.54, 1.807) is 35.2 Å². The number of piperidine rings is 1. The molecule has 154 valence electrons. The highest BCUT2D eigenvalue weighted by Gasteiger charge is 2.37. The van der Waals surface area contributed by atoms with E-state index in [0.29, 0.717) is 48.7 Å². The molecule has 2 aromatic carbocycles. The van der Waals surface area contributed by atoms with Gasteiger partial charge < -0.3 is 15.1 Å². The number of hydrogen-bond donors (Lipinski definition) is 1. The maximum Gasteiger partial charge on any atom is 0.285 e. The van der Waals surface area contributed by atoms with Crippen molar-refractivity contribution in [1.29, 1.82) is 0 Å². The van der Waals surface area contributed by atoms with Crippen molar-refractivity contribution in [2.45, 2.75) is 17.7 Å². The molecule has 5 rings (SSSR count). The highest BCUT2D eigenvalue weighted by molar-refractivity contribution is 7.90. The quantitative estimate of drug-likeness (QED) is 0.753. The standard InChI is InChI=1S/C21H20N4O4S/c26-19-13-25(17-7-3-2-6-16(17)22-19)21(27)14-9-11-24(12-10-14)20-15-5-1-4-8-18(15)30(28,29)23-20/h1-8,14H,9-13H2,(H,22,26). The number of rotatable bonds is 1. The number of benzene rings is 2. The van der Waals surface area contributed by atoms with Gasteiger partial charge in [0.15, 0.2) is 5.84 Å². The van der Waals surface area contributed by atoms with Gasteiger partial charge in [0.05, 0.1) is 11.4 Å². The van der Waals surface area contributed by atoms with E-state index < -0.39 is 10.0 Å². The summed E-state index contributed by atoms with van der Waals surface area (Å²) in [6.07, 6.45) is 1.14. The summed E-state index contributed by atoms with van der Waals surface area (Å²) in [5.74, 6) is -0.0480. The van der Waals surface area contributed by atoms with E-state index in [2.05, 4.69) is 9.71 Å². The van der Waals surface area contributed by atoms with Crippen molar-refractivity contribution in [3.63, 3.8) is 0 Å². The van der Waals surface area contributed by atoms with Gasteiger partial charge >= 0.3 is 0 Å². The predicted octanol–water partition coefficient (Wildman–Crippen LogP) is 1.83. The van der Waals surface area contributed by atoms with Gasteiger partial charge in [0.2, 0.25) is 11.8 Å². The minimum Gasteiger partial charge on any atom is -0.355 e. The summed E-state index contributed by atoms with van der Waals surface area (Å²) in [4.78, 5) is 29.0. The van der Waals surface area contributed by atoms with E-state index in [1.165, 1.54) is 0 Å².